The summed E-state index contributed by atoms with van der Waals surface area (Å²) >= 11 is 0. The summed E-state index contributed by atoms with van der Waals surface area (Å²) in [5.74, 6) is 0.932. The molecule has 5 heteroatoms. The number of rotatable bonds is 4. The third kappa shape index (κ3) is 2.25. The van der Waals surface area contributed by atoms with Gasteiger partial charge in [-0.15, -0.1) is 5.10 Å². The van der Waals surface area contributed by atoms with Crippen LogP contribution in [0.5, 0.6) is 0 Å². The molecule has 1 unspecified atom stereocenters. The van der Waals surface area contributed by atoms with Gasteiger partial charge in [-0.2, -0.15) is 4.68 Å². The third-order valence-electron chi connectivity index (χ3n) is 2.38. The van der Waals surface area contributed by atoms with E-state index < -0.39 is 0 Å². The molecular formula is C11H14N4O. The maximum atomic E-state index is 9.02. The standard InChI is InChI=1S/C11H14N4O/c1-9(8-16)7-11-12-13-14-15(11)10-5-3-2-4-6-10/h2-6,9,16H,7-8H2,1H3. The monoisotopic (exact) mass is 218 g/mol. The Morgan fingerprint density at radius 1 is 1.31 bits per heavy atom. The van der Waals surface area contributed by atoms with E-state index in [1.54, 1.807) is 4.68 Å². The molecule has 0 saturated carbocycles. The second kappa shape index (κ2) is 4.85. The van der Waals surface area contributed by atoms with Crippen molar-refractivity contribution in [1.29, 1.82) is 0 Å². The molecule has 0 aliphatic carbocycles. The fourth-order valence-corrected chi connectivity index (χ4v) is 1.48. The molecule has 0 bridgehead atoms. The number of nitrogens with zero attached hydrogens (tertiary/aromatic N) is 4. The molecule has 1 atom stereocenters. The maximum absolute atomic E-state index is 9.02. The minimum atomic E-state index is 0.141. The third-order valence-corrected chi connectivity index (χ3v) is 2.38. The van der Waals surface area contributed by atoms with Gasteiger partial charge in [0.2, 0.25) is 0 Å². The van der Waals surface area contributed by atoms with E-state index >= 15 is 0 Å². The van der Waals surface area contributed by atoms with E-state index in [4.69, 9.17) is 5.11 Å². The average Bonchev–Trinajstić information content (AvgIpc) is 2.78. The van der Waals surface area contributed by atoms with E-state index in [0.29, 0.717) is 6.42 Å². The number of hydrogen-bond acceptors (Lipinski definition) is 4. The van der Waals surface area contributed by atoms with E-state index in [0.717, 1.165) is 11.5 Å². The topological polar surface area (TPSA) is 63.8 Å². The first-order chi connectivity index (χ1) is 7.81. The molecule has 0 aliphatic rings. The summed E-state index contributed by atoms with van der Waals surface area (Å²) in [6, 6.07) is 9.73. The first kappa shape index (κ1) is 10.8. The lowest BCUT2D eigenvalue weighted by Gasteiger charge is -2.07. The molecule has 0 radical (unpaired) electrons. The van der Waals surface area contributed by atoms with Crippen LogP contribution in [0.4, 0.5) is 0 Å². The van der Waals surface area contributed by atoms with E-state index in [9.17, 15) is 0 Å². The minimum absolute atomic E-state index is 0.141. The van der Waals surface area contributed by atoms with Gasteiger partial charge in [-0.3, -0.25) is 0 Å². The number of hydrogen-bond donors (Lipinski definition) is 1. The van der Waals surface area contributed by atoms with Gasteiger partial charge in [0.1, 0.15) is 0 Å². The first-order valence-corrected chi connectivity index (χ1v) is 5.25. The summed E-state index contributed by atoms with van der Waals surface area (Å²) in [6.07, 6.45) is 0.665. The average molecular weight is 218 g/mol. The van der Waals surface area contributed by atoms with Gasteiger partial charge in [0, 0.05) is 13.0 Å². The van der Waals surface area contributed by atoms with E-state index in [2.05, 4.69) is 15.5 Å². The molecule has 0 amide bonds. The molecule has 0 saturated heterocycles. The van der Waals surface area contributed by atoms with Crippen molar-refractivity contribution < 1.29 is 5.11 Å². The predicted molar refractivity (Wildman–Crippen MR) is 59.1 cm³/mol. The van der Waals surface area contributed by atoms with Crippen LogP contribution in [0, 0.1) is 5.92 Å². The molecule has 0 fully saturated rings. The molecule has 1 aromatic heterocycles. The number of aliphatic hydroxyl groups is 1. The first-order valence-electron chi connectivity index (χ1n) is 5.25. The number of tetrazole rings is 1. The summed E-state index contributed by atoms with van der Waals surface area (Å²) in [6.45, 7) is 2.10. The Hall–Kier alpha value is -1.75. The van der Waals surface area contributed by atoms with Crippen molar-refractivity contribution >= 4 is 0 Å². The predicted octanol–water partition coefficient (Wildman–Crippen LogP) is 0.833. The van der Waals surface area contributed by atoms with Crippen LogP contribution < -0.4 is 0 Å². The molecule has 1 N–H and O–H groups in total. The summed E-state index contributed by atoms with van der Waals surface area (Å²) in [5.41, 5.74) is 0.938. The van der Waals surface area contributed by atoms with Crippen molar-refractivity contribution in [3.05, 3.63) is 36.2 Å². The zero-order valence-corrected chi connectivity index (χ0v) is 9.11. The Bertz CT molecular complexity index is 440. The van der Waals surface area contributed by atoms with Gasteiger partial charge >= 0.3 is 0 Å². The normalized spacial score (nSPS) is 12.6. The largest absolute Gasteiger partial charge is 0.396 e. The second-order valence-corrected chi connectivity index (χ2v) is 3.83. The summed E-state index contributed by atoms with van der Waals surface area (Å²) in [5, 5.41) is 20.6. The highest BCUT2D eigenvalue weighted by Gasteiger charge is 2.11. The van der Waals surface area contributed by atoms with Gasteiger partial charge in [0.05, 0.1) is 5.69 Å². The highest BCUT2D eigenvalue weighted by molar-refractivity contribution is 5.30. The summed E-state index contributed by atoms with van der Waals surface area (Å²) in [4.78, 5) is 0. The van der Waals surface area contributed by atoms with E-state index in [1.807, 2.05) is 37.3 Å². The number of benzene rings is 1. The number of aromatic nitrogens is 4. The Morgan fingerprint density at radius 3 is 2.75 bits per heavy atom. The van der Waals surface area contributed by atoms with Crippen LogP contribution in [0.2, 0.25) is 0 Å². The molecular weight excluding hydrogens is 204 g/mol. The minimum Gasteiger partial charge on any atom is -0.396 e. The highest BCUT2D eigenvalue weighted by Crippen LogP contribution is 2.10. The Kier molecular flexibility index (Phi) is 3.26. The van der Waals surface area contributed by atoms with Crippen molar-refractivity contribution in [3.63, 3.8) is 0 Å². The van der Waals surface area contributed by atoms with Gasteiger partial charge in [0.15, 0.2) is 5.82 Å². The zero-order chi connectivity index (χ0) is 11.4. The molecule has 5 nitrogen and oxygen atoms in total. The van der Waals surface area contributed by atoms with Crippen molar-refractivity contribution in [3.8, 4) is 5.69 Å². The molecule has 1 heterocycles. The van der Waals surface area contributed by atoms with E-state index in [-0.39, 0.29) is 12.5 Å². The smallest absolute Gasteiger partial charge is 0.157 e. The van der Waals surface area contributed by atoms with Gasteiger partial charge in [-0.05, 0) is 28.5 Å². The van der Waals surface area contributed by atoms with Crippen molar-refractivity contribution in [2.45, 2.75) is 13.3 Å². The van der Waals surface area contributed by atoms with Gasteiger partial charge < -0.3 is 5.11 Å². The SMILES string of the molecule is CC(CO)Cc1nnnn1-c1ccccc1. The van der Waals surface area contributed by atoms with Crippen LogP contribution in [0.1, 0.15) is 12.7 Å². The summed E-state index contributed by atoms with van der Waals surface area (Å²) in [7, 11) is 0. The molecule has 84 valence electrons. The fraction of sp³-hybridized carbons (Fsp3) is 0.364. The lowest BCUT2D eigenvalue weighted by atomic mass is 10.1. The quantitative estimate of drug-likeness (QED) is 0.825. The fourth-order valence-electron chi connectivity index (χ4n) is 1.48. The van der Waals surface area contributed by atoms with Crippen LogP contribution in [-0.4, -0.2) is 31.9 Å². The van der Waals surface area contributed by atoms with Crippen molar-refractivity contribution in [1.82, 2.24) is 20.2 Å². The van der Waals surface area contributed by atoms with Crippen LogP contribution in [-0.2, 0) is 6.42 Å². The highest BCUT2D eigenvalue weighted by atomic mass is 16.3. The Balaban J connectivity index is 2.26. The van der Waals surface area contributed by atoms with Gasteiger partial charge in [-0.1, -0.05) is 25.1 Å². The van der Waals surface area contributed by atoms with Crippen molar-refractivity contribution in [2.24, 2.45) is 5.92 Å². The van der Waals surface area contributed by atoms with Crippen molar-refractivity contribution in [2.75, 3.05) is 6.61 Å². The maximum Gasteiger partial charge on any atom is 0.157 e. The Labute approximate surface area is 93.7 Å². The second-order valence-electron chi connectivity index (χ2n) is 3.83. The Morgan fingerprint density at radius 2 is 2.06 bits per heavy atom. The zero-order valence-electron chi connectivity index (χ0n) is 9.11. The lowest BCUT2D eigenvalue weighted by molar-refractivity contribution is 0.235. The molecule has 0 spiro atoms. The van der Waals surface area contributed by atoms with Gasteiger partial charge in [-0.25, -0.2) is 0 Å². The molecule has 2 rings (SSSR count). The van der Waals surface area contributed by atoms with Gasteiger partial charge in [0.25, 0.3) is 0 Å². The molecule has 16 heavy (non-hydrogen) atoms. The van der Waals surface area contributed by atoms with E-state index in [1.165, 1.54) is 0 Å². The van der Waals surface area contributed by atoms with Crippen LogP contribution >= 0.6 is 0 Å². The van der Waals surface area contributed by atoms with Crippen LogP contribution in [0.15, 0.2) is 30.3 Å². The summed E-state index contributed by atoms with van der Waals surface area (Å²) < 4.78 is 1.70. The van der Waals surface area contributed by atoms with Crippen LogP contribution in [0.3, 0.4) is 0 Å². The number of para-hydroxylation sites is 1. The molecule has 1 aromatic carbocycles. The molecule has 2 aromatic rings. The van der Waals surface area contributed by atoms with Crippen LogP contribution in [0.25, 0.3) is 5.69 Å². The lowest BCUT2D eigenvalue weighted by Crippen LogP contribution is -2.10. The molecule has 0 aliphatic heterocycles. The number of aliphatic hydroxyl groups excluding tert-OH is 1.